The van der Waals surface area contributed by atoms with Crippen molar-refractivity contribution in [2.75, 3.05) is 43.4 Å². The van der Waals surface area contributed by atoms with Gasteiger partial charge in [0.05, 0.1) is 13.0 Å². The monoisotopic (exact) mass is 422 g/mol. The molecule has 0 aromatic heterocycles. The van der Waals surface area contributed by atoms with Gasteiger partial charge in [-0.25, -0.2) is 0 Å². The van der Waals surface area contributed by atoms with E-state index >= 15 is 0 Å². The summed E-state index contributed by atoms with van der Waals surface area (Å²) in [6.07, 6.45) is 0.327. The highest BCUT2D eigenvalue weighted by molar-refractivity contribution is 5.93. The third-order valence-corrected chi connectivity index (χ3v) is 5.47. The maximum absolute atomic E-state index is 12.6. The lowest BCUT2D eigenvalue weighted by Gasteiger charge is -2.34. The van der Waals surface area contributed by atoms with Crippen LogP contribution in [0.3, 0.4) is 0 Å². The number of carbonyl (C=O) groups is 3. The van der Waals surface area contributed by atoms with Crippen LogP contribution in [0, 0.1) is 13.8 Å². The lowest BCUT2D eigenvalue weighted by molar-refractivity contribution is -0.132. The highest BCUT2D eigenvalue weighted by Gasteiger charge is 2.22. The van der Waals surface area contributed by atoms with E-state index in [-0.39, 0.29) is 17.7 Å². The van der Waals surface area contributed by atoms with Crippen molar-refractivity contribution in [3.8, 4) is 0 Å². The summed E-state index contributed by atoms with van der Waals surface area (Å²) in [4.78, 5) is 40.1. The number of piperazine rings is 1. The minimum absolute atomic E-state index is 0.0311. The molecule has 31 heavy (non-hydrogen) atoms. The molecule has 0 bridgehead atoms. The number of hydrogen-bond acceptors (Lipinski definition) is 4. The van der Waals surface area contributed by atoms with Gasteiger partial charge >= 0.3 is 0 Å². The van der Waals surface area contributed by atoms with Crippen LogP contribution in [0.5, 0.6) is 0 Å². The molecule has 1 aliphatic rings. The number of nitrogens with one attached hydrogen (secondary N) is 2. The molecule has 2 N–H and O–H groups in total. The summed E-state index contributed by atoms with van der Waals surface area (Å²) in [5.41, 5.74) is 4.61. The maximum Gasteiger partial charge on any atom is 0.238 e. The van der Waals surface area contributed by atoms with E-state index in [1.807, 2.05) is 49.1 Å². The van der Waals surface area contributed by atoms with Gasteiger partial charge < -0.3 is 15.5 Å². The number of benzene rings is 2. The molecule has 0 aliphatic carbocycles. The van der Waals surface area contributed by atoms with E-state index in [0.717, 1.165) is 28.1 Å². The largest absolute Gasteiger partial charge is 0.340 e. The van der Waals surface area contributed by atoms with Gasteiger partial charge in [0.2, 0.25) is 17.7 Å². The lowest BCUT2D eigenvalue weighted by atomic mass is 10.1. The van der Waals surface area contributed by atoms with Crippen molar-refractivity contribution >= 4 is 29.1 Å². The average Bonchev–Trinajstić information content (AvgIpc) is 2.72. The standard InChI is InChI=1S/C24H30N4O3/c1-17-5-4-6-18(2)24(17)26-22(30)16-27-11-13-28(14-12-27)23(31)15-20-7-9-21(10-8-20)25-19(3)29/h4-10H,11-16H2,1-3H3,(H,25,29)(H,26,30). The van der Waals surface area contributed by atoms with Crippen molar-refractivity contribution in [3.05, 3.63) is 59.2 Å². The molecule has 164 valence electrons. The Bertz CT molecular complexity index is 928. The van der Waals surface area contributed by atoms with Crippen LogP contribution in [-0.2, 0) is 20.8 Å². The molecule has 1 fully saturated rings. The molecule has 1 heterocycles. The molecule has 0 saturated carbocycles. The Morgan fingerprint density at radius 1 is 0.871 bits per heavy atom. The number of amides is 3. The van der Waals surface area contributed by atoms with Gasteiger partial charge in [-0.2, -0.15) is 0 Å². The second-order valence-corrected chi connectivity index (χ2v) is 8.03. The number of aryl methyl sites for hydroxylation is 2. The van der Waals surface area contributed by atoms with E-state index in [4.69, 9.17) is 0 Å². The van der Waals surface area contributed by atoms with Crippen molar-refractivity contribution in [1.29, 1.82) is 0 Å². The average molecular weight is 423 g/mol. The van der Waals surface area contributed by atoms with E-state index in [9.17, 15) is 14.4 Å². The molecule has 0 unspecified atom stereocenters. The summed E-state index contributed by atoms with van der Waals surface area (Å²) in [7, 11) is 0. The Balaban J connectivity index is 1.45. The third kappa shape index (κ3) is 6.39. The van der Waals surface area contributed by atoms with Gasteiger partial charge in [-0.15, -0.1) is 0 Å². The zero-order valence-corrected chi connectivity index (χ0v) is 18.4. The Morgan fingerprint density at radius 3 is 2.06 bits per heavy atom. The van der Waals surface area contributed by atoms with Crippen LogP contribution >= 0.6 is 0 Å². The van der Waals surface area contributed by atoms with Crippen LogP contribution in [0.15, 0.2) is 42.5 Å². The van der Waals surface area contributed by atoms with Crippen molar-refractivity contribution in [3.63, 3.8) is 0 Å². The van der Waals surface area contributed by atoms with E-state index < -0.39 is 0 Å². The Kier molecular flexibility index (Phi) is 7.41. The first kappa shape index (κ1) is 22.5. The number of nitrogens with zero attached hydrogens (tertiary/aromatic N) is 2. The topological polar surface area (TPSA) is 81.8 Å². The van der Waals surface area contributed by atoms with Crippen LogP contribution in [0.1, 0.15) is 23.6 Å². The number of para-hydroxylation sites is 1. The predicted molar refractivity (Wildman–Crippen MR) is 122 cm³/mol. The van der Waals surface area contributed by atoms with Crippen LogP contribution in [0.25, 0.3) is 0 Å². The first-order valence-corrected chi connectivity index (χ1v) is 10.5. The molecule has 3 rings (SSSR count). The van der Waals surface area contributed by atoms with Crippen molar-refractivity contribution in [2.45, 2.75) is 27.2 Å². The second kappa shape index (κ2) is 10.2. The molecule has 0 radical (unpaired) electrons. The summed E-state index contributed by atoms with van der Waals surface area (Å²) in [5.74, 6) is -0.0761. The Hall–Kier alpha value is -3.19. The van der Waals surface area contributed by atoms with Gasteiger partial charge in [0.15, 0.2) is 0 Å². The smallest absolute Gasteiger partial charge is 0.238 e. The molecular weight excluding hydrogens is 392 g/mol. The molecule has 2 aromatic rings. The summed E-state index contributed by atoms with van der Waals surface area (Å²) < 4.78 is 0. The maximum atomic E-state index is 12.6. The molecule has 2 aromatic carbocycles. The highest BCUT2D eigenvalue weighted by Crippen LogP contribution is 2.19. The SMILES string of the molecule is CC(=O)Nc1ccc(CC(=O)N2CCN(CC(=O)Nc3c(C)cccc3C)CC2)cc1. The van der Waals surface area contributed by atoms with Gasteiger partial charge in [0.1, 0.15) is 0 Å². The number of carbonyl (C=O) groups excluding carboxylic acids is 3. The molecule has 0 spiro atoms. The fourth-order valence-electron chi connectivity index (χ4n) is 3.74. The van der Waals surface area contributed by atoms with E-state index in [0.29, 0.717) is 39.1 Å². The van der Waals surface area contributed by atoms with Crippen LogP contribution in [0.2, 0.25) is 0 Å². The summed E-state index contributed by atoms with van der Waals surface area (Å²) >= 11 is 0. The fraction of sp³-hybridized carbons (Fsp3) is 0.375. The molecule has 7 nitrogen and oxygen atoms in total. The fourth-order valence-corrected chi connectivity index (χ4v) is 3.74. The van der Waals surface area contributed by atoms with Gasteiger partial charge in [-0.1, -0.05) is 30.3 Å². The molecule has 1 saturated heterocycles. The molecule has 3 amide bonds. The highest BCUT2D eigenvalue weighted by atomic mass is 16.2. The second-order valence-electron chi connectivity index (χ2n) is 8.03. The van der Waals surface area contributed by atoms with Gasteiger partial charge in [0.25, 0.3) is 0 Å². The minimum atomic E-state index is -0.121. The Morgan fingerprint density at radius 2 is 1.48 bits per heavy atom. The minimum Gasteiger partial charge on any atom is -0.340 e. The van der Waals surface area contributed by atoms with Crippen molar-refractivity contribution in [2.24, 2.45) is 0 Å². The lowest BCUT2D eigenvalue weighted by Crippen LogP contribution is -2.50. The summed E-state index contributed by atoms with van der Waals surface area (Å²) in [6, 6.07) is 13.3. The zero-order chi connectivity index (χ0) is 22.4. The van der Waals surface area contributed by atoms with E-state index in [2.05, 4.69) is 15.5 Å². The molecular formula is C24H30N4O3. The van der Waals surface area contributed by atoms with E-state index in [1.165, 1.54) is 6.92 Å². The predicted octanol–water partition coefficient (Wildman–Crippen LogP) is 2.59. The van der Waals surface area contributed by atoms with Gasteiger partial charge in [-0.3, -0.25) is 19.3 Å². The number of anilines is 2. The van der Waals surface area contributed by atoms with E-state index in [1.54, 1.807) is 12.1 Å². The third-order valence-electron chi connectivity index (χ3n) is 5.47. The number of rotatable bonds is 6. The Labute approximate surface area is 183 Å². The molecule has 7 heteroatoms. The van der Waals surface area contributed by atoms with Crippen molar-refractivity contribution in [1.82, 2.24) is 9.80 Å². The van der Waals surface area contributed by atoms with Gasteiger partial charge in [-0.05, 0) is 42.7 Å². The van der Waals surface area contributed by atoms with Crippen LogP contribution in [0.4, 0.5) is 11.4 Å². The zero-order valence-electron chi connectivity index (χ0n) is 18.4. The quantitative estimate of drug-likeness (QED) is 0.750. The van der Waals surface area contributed by atoms with Crippen LogP contribution < -0.4 is 10.6 Å². The number of hydrogen-bond donors (Lipinski definition) is 2. The summed E-state index contributed by atoms with van der Waals surface area (Å²) in [6.45, 7) is 8.32. The summed E-state index contributed by atoms with van der Waals surface area (Å²) in [5, 5.41) is 5.74. The molecule has 1 aliphatic heterocycles. The van der Waals surface area contributed by atoms with Crippen molar-refractivity contribution < 1.29 is 14.4 Å². The first-order valence-electron chi connectivity index (χ1n) is 10.5. The van der Waals surface area contributed by atoms with Crippen LogP contribution in [-0.4, -0.2) is 60.2 Å². The normalized spacial score (nSPS) is 14.2. The molecule has 0 atom stereocenters. The van der Waals surface area contributed by atoms with Gasteiger partial charge in [0, 0.05) is 44.5 Å². The first-order chi connectivity index (χ1) is 14.8.